The van der Waals surface area contributed by atoms with Crippen molar-refractivity contribution in [2.24, 2.45) is 0 Å². The summed E-state index contributed by atoms with van der Waals surface area (Å²) in [6.45, 7) is 0.684. The maximum Gasteiger partial charge on any atom is 0.332 e. The average Bonchev–Trinajstić information content (AvgIpc) is 1.87. The Morgan fingerprint density at radius 1 is 1.67 bits per heavy atom. The number of esters is 1. The Kier molecular flexibility index (Phi) is 4.00. The highest BCUT2D eigenvalue weighted by Crippen LogP contribution is 1.87. The summed E-state index contributed by atoms with van der Waals surface area (Å²) < 4.78 is 4.41. The van der Waals surface area contributed by atoms with Crippen LogP contribution in [0.2, 0.25) is 0 Å². The summed E-state index contributed by atoms with van der Waals surface area (Å²) in [4.78, 5) is 10.2. The summed E-state index contributed by atoms with van der Waals surface area (Å²) in [6, 6.07) is 0. The lowest BCUT2D eigenvalue weighted by atomic mass is 10.4. The van der Waals surface area contributed by atoms with Crippen molar-refractivity contribution < 1.29 is 19.7 Å². The molecule has 4 nitrogen and oxygen atoms in total. The van der Waals surface area contributed by atoms with Gasteiger partial charge in [-0.1, -0.05) is 0 Å². The quantitative estimate of drug-likeness (QED) is 0.481. The van der Waals surface area contributed by atoms with E-state index in [2.05, 4.69) is 4.74 Å². The van der Waals surface area contributed by atoms with Gasteiger partial charge in [0.05, 0.1) is 6.61 Å². The first-order valence-electron chi connectivity index (χ1n) is 2.62. The SMILES string of the molecule is CC(CO)OC(=O)CO. The van der Waals surface area contributed by atoms with Crippen molar-refractivity contribution in [1.82, 2.24) is 0 Å². The molecule has 0 amide bonds. The van der Waals surface area contributed by atoms with Gasteiger partial charge in [0.25, 0.3) is 0 Å². The summed E-state index contributed by atoms with van der Waals surface area (Å²) >= 11 is 0. The van der Waals surface area contributed by atoms with Crippen molar-refractivity contribution in [3.63, 3.8) is 0 Å². The van der Waals surface area contributed by atoms with E-state index in [1.165, 1.54) is 6.92 Å². The van der Waals surface area contributed by atoms with E-state index in [4.69, 9.17) is 10.2 Å². The van der Waals surface area contributed by atoms with Crippen molar-refractivity contribution in [3.8, 4) is 0 Å². The maximum absolute atomic E-state index is 10.2. The molecule has 0 spiro atoms. The molecule has 0 aromatic carbocycles. The van der Waals surface area contributed by atoms with E-state index in [0.717, 1.165) is 0 Å². The Morgan fingerprint density at radius 2 is 2.22 bits per heavy atom. The number of aliphatic hydroxyl groups is 2. The normalized spacial score (nSPS) is 12.8. The van der Waals surface area contributed by atoms with Gasteiger partial charge < -0.3 is 14.9 Å². The Morgan fingerprint density at radius 3 is 2.56 bits per heavy atom. The van der Waals surface area contributed by atoms with Crippen molar-refractivity contribution in [3.05, 3.63) is 0 Å². The van der Waals surface area contributed by atoms with Crippen LogP contribution in [0, 0.1) is 0 Å². The minimum absolute atomic E-state index is 0.217. The molecule has 1 atom stereocenters. The smallest absolute Gasteiger partial charge is 0.332 e. The standard InChI is InChI=1S/C5H10O4/c1-4(2-6)9-5(8)3-7/h4,6-7H,2-3H2,1H3. The third-order valence-corrected chi connectivity index (χ3v) is 0.719. The van der Waals surface area contributed by atoms with Gasteiger partial charge in [0.2, 0.25) is 0 Å². The molecule has 0 fully saturated rings. The molecule has 54 valence electrons. The molecule has 9 heavy (non-hydrogen) atoms. The van der Waals surface area contributed by atoms with E-state index in [0.29, 0.717) is 0 Å². The Bertz CT molecular complexity index is 91.0. The molecule has 0 aliphatic heterocycles. The predicted molar refractivity (Wildman–Crippen MR) is 29.7 cm³/mol. The molecule has 0 aliphatic carbocycles. The van der Waals surface area contributed by atoms with Crippen LogP contribution in [0.25, 0.3) is 0 Å². The molecule has 2 N–H and O–H groups in total. The molecule has 0 aromatic heterocycles. The van der Waals surface area contributed by atoms with Crippen molar-refractivity contribution in [1.29, 1.82) is 0 Å². The van der Waals surface area contributed by atoms with Crippen LogP contribution in [0.3, 0.4) is 0 Å². The minimum Gasteiger partial charge on any atom is -0.459 e. The van der Waals surface area contributed by atoms with Crippen LogP contribution in [-0.4, -0.2) is 35.5 Å². The minimum atomic E-state index is -0.712. The van der Waals surface area contributed by atoms with Gasteiger partial charge in [-0.15, -0.1) is 0 Å². The molecular weight excluding hydrogens is 124 g/mol. The fourth-order valence-electron chi connectivity index (χ4n) is 0.299. The highest BCUT2D eigenvalue weighted by Gasteiger charge is 2.04. The highest BCUT2D eigenvalue weighted by molar-refractivity contribution is 5.70. The molecule has 0 saturated carbocycles. The summed E-state index contributed by atoms with van der Waals surface area (Å²) in [5, 5.41) is 16.4. The predicted octanol–water partition coefficient (Wildman–Crippen LogP) is -1.10. The lowest BCUT2D eigenvalue weighted by Crippen LogP contribution is -2.20. The van der Waals surface area contributed by atoms with Crippen LogP contribution in [0.5, 0.6) is 0 Å². The molecule has 0 rings (SSSR count). The van der Waals surface area contributed by atoms with E-state index in [1.54, 1.807) is 0 Å². The van der Waals surface area contributed by atoms with Crippen LogP contribution in [0.15, 0.2) is 0 Å². The second-order valence-corrected chi connectivity index (χ2v) is 1.64. The van der Waals surface area contributed by atoms with Gasteiger partial charge in [0.1, 0.15) is 12.7 Å². The van der Waals surface area contributed by atoms with Crippen LogP contribution in [-0.2, 0) is 9.53 Å². The van der Waals surface area contributed by atoms with E-state index in [1.807, 2.05) is 0 Å². The zero-order valence-corrected chi connectivity index (χ0v) is 5.20. The number of ether oxygens (including phenoxy) is 1. The fraction of sp³-hybridized carbons (Fsp3) is 0.800. The van der Waals surface area contributed by atoms with Gasteiger partial charge in [-0.3, -0.25) is 0 Å². The molecule has 0 saturated heterocycles. The largest absolute Gasteiger partial charge is 0.459 e. The topological polar surface area (TPSA) is 66.8 Å². The molecular formula is C5H10O4. The number of hydrogen-bond acceptors (Lipinski definition) is 4. The molecule has 0 heterocycles. The highest BCUT2D eigenvalue weighted by atomic mass is 16.6. The third kappa shape index (κ3) is 3.93. The summed E-state index contributed by atoms with van der Waals surface area (Å²) in [5.74, 6) is -0.712. The Labute approximate surface area is 53.1 Å². The van der Waals surface area contributed by atoms with Crippen LogP contribution in [0.4, 0.5) is 0 Å². The van der Waals surface area contributed by atoms with E-state index >= 15 is 0 Å². The molecule has 0 aliphatic rings. The van der Waals surface area contributed by atoms with Gasteiger partial charge in [-0.25, -0.2) is 4.79 Å². The van der Waals surface area contributed by atoms with E-state index < -0.39 is 18.7 Å². The Hall–Kier alpha value is -0.610. The lowest BCUT2D eigenvalue weighted by Gasteiger charge is -2.07. The van der Waals surface area contributed by atoms with Gasteiger partial charge in [0, 0.05) is 0 Å². The Balaban J connectivity index is 3.34. The third-order valence-electron chi connectivity index (χ3n) is 0.719. The van der Waals surface area contributed by atoms with Gasteiger partial charge in [-0.05, 0) is 6.92 Å². The first-order valence-corrected chi connectivity index (χ1v) is 2.62. The van der Waals surface area contributed by atoms with Crippen LogP contribution < -0.4 is 0 Å². The number of hydrogen-bond donors (Lipinski definition) is 2. The van der Waals surface area contributed by atoms with Crippen LogP contribution >= 0.6 is 0 Å². The van der Waals surface area contributed by atoms with E-state index in [9.17, 15) is 4.79 Å². The monoisotopic (exact) mass is 134 g/mol. The van der Waals surface area contributed by atoms with Gasteiger partial charge in [0.15, 0.2) is 0 Å². The lowest BCUT2D eigenvalue weighted by molar-refractivity contribution is -0.153. The number of rotatable bonds is 3. The maximum atomic E-state index is 10.2. The van der Waals surface area contributed by atoms with Crippen molar-refractivity contribution in [2.75, 3.05) is 13.2 Å². The second-order valence-electron chi connectivity index (χ2n) is 1.64. The first kappa shape index (κ1) is 8.39. The van der Waals surface area contributed by atoms with Gasteiger partial charge in [-0.2, -0.15) is 0 Å². The molecule has 0 aromatic rings. The molecule has 1 unspecified atom stereocenters. The van der Waals surface area contributed by atoms with E-state index in [-0.39, 0.29) is 6.61 Å². The first-order chi connectivity index (χ1) is 4.20. The van der Waals surface area contributed by atoms with Crippen LogP contribution in [0.1, 0.15) is 6.92 Å². The zero-order valence-electron chi connectivity index (χ0n) is 5.20. The number of carbonyl (C=O) groups is 1. The van der Waals surface area contributed by atoms with Gasteiger partial charge >= 0.3 is 5.97 Å². The number of aliphatic hydroxyl groups excluding tert-OH is 2. The molecule has 0 bridgehead atoms. The molecule has 0 radical (unpaired) electrons. The van der Waals surface area contributed by atoms with Crippen molar-refractivity contribution >= 4 is 5.97 Å². The molecule has 4 heteroatoms. The summed E-state index contributed by atoms with van der Waals surface area (Å²) in [7, 11) is 0. The second kappa shape index (κ2) is 4.29. The fourth-order valence-corrected chi connectivity index (χ4v) is 0.299. The average molecular weight is 134 g/mol. The summed E-state index contributed by atoms with van der Waals surface area (Å²) in [6.07, 6.45) is -0.523. The number of carbonyl (C=O) groups excluding carboxylic acids is 1. The zero-order chi connectivity index (χ0) is 7.28. The van der Waals surface area contributed by atoms with Crippen molar-refractivity contribution in [2.45, 2.75) is 13.0 Å². The summed E-state index contributed by atoms with van der Waals surface area (Å²) in [5.41, 5.74) is 0.